The molecular formula is C16H16O. The highest BCUT2D eigenvalue weighted by Crippen LogP contribution is 2.17. The second kappa shape index (κ2) is 5.90. The second-order valence-electron chi connectivity index (χ2n) is 3.79. The summed E-state index contributed by atoms with van der Waals surface area (Å²) < 4.78 is 5.83. The molecule has 0 N–H and O–H groups in total. The maximum Gasteiger partial charge on any atom is 0.126 e. The lowest BCUT2D eigenvalue weighted by Gasteiger charge is -2.08. The number of benzene rings is 2. The zero-order chi connectivity index (χ0) is 11.9. The van der Waals surface area contributed by atoms with Gasteiger partial charge in [0.25, 0.3) is 0 Å². The first-order valence-electron chi connectivity index (χ1n) is 5.87. The maximum absolute atomic E-state index is 5.83. The van der Waals surface area contributed by atoms with Crippen LogP contribution in [0.1, 0.15) is 18.9 Å². The lowest BCUT2D eigenvalue weighted by molar-refractivity contribution is 0.414. The highest BCUT2D eigenvalue weighted by atomic mass is 16.5. The van der Waals surface area contributed by atoms with E-state index in [1.165, 1.54) is 5.56 Å². The van der Waals surface area contributed by atoms with E-state index in [0.29, 0.717) is 0 Å². The SMILES string of the molecule is CC/C(=C\c1ccccc1)Oc1ccccc1. The van der Waals surface area contributed by atoms with Crippen LogP contribution in [0.15, 0.2) is 66.4 Å². The summed E-state index contributed by atoms with van der Waals surface area (Å²) in [7, 11) is 0. The van der Waals surface area contributed by atoms with Crippen LogP contribution in [0.5, 0.6) is 5.75 Å². The summed E-state index contributed by atoms with van der Waals surface area (Å²) in [6.07, 6.45) is 2.96. The molecule has 1 nitrogen and oxygen atoms in total. The largest absolute Gasteiger partial charge is 0.462 e. The fraction of sp³-hybridized carbons (Fsp3) is 0.125. The first-order valence-corrected chi connectivity index (χ1v) is 5.87. The van der Waals surface area contributed by atoms with Crippen molar-refractivity contribution in [2.24, 2.45) is 0 Å². The summed E-state index contributed by atoms with van der Waals surface area (Å²) >= 11 is 0. The van der Waals surface area contributed by atoms with E-state index in [2.05, 4.69) is 25.1 Å². The summed E-state index contributed by atoms with van der Waals surface area (Å²) in [6, 6.07) is 20.1. The Bertz CT molecular complexity index is 471. The number of ether oxygens (including phenoxy) is 1. The lowest BCUT2D eigenvalue weighted by Crippen LogP contribution is -1.93. The number of rotatable bonds is 4. The Morgan fingerprint density at radius 2 is 1.53 bits per heavy atom. The molecule has 0 atom stereocenters. The zero-order valence-corrected chi connectivity index (χ0v) is 9.97. The second-order valence-corrected chi connectivity index (χ2v) is 3.79. The quantitative estimate of drug-likeness (QED) is 0.694. The van der Waals surface area contributed by atoms with E-state index in [4.69, 9.17) is 4.74 Å². The Labute approximate surface area is 102 Å². The highest BCUT2D eigenvalue weighted by Gasteiger charge is 1.98. The third-order valence-corrected chi connectivity index (χ3v) is 2.47. The molecule has 0 aliphatic carbocycles. The van der Waals surface area contributed by atoms with Gasteiger partial charge in [-0.2, -0.15) is 0 Å². The fourth-order valence-electron chi connectivity index (χ4n) is 1.58. The summed E-state index contributed by atoms with van der Waals surface area (Å²) in [4.78, 5) is 0. The van der Waals surface area contributed by atoms with Crippen LogP contribution in [-0.2, 0) is 0 Å². The van der Waals surface area contributed by atoms with Crippen molar-refractivity contribution < 1.29 is 4.74 Å². The van der Waals surface area contributed by atoms with Crippen molar-refractivity contribution in [3.8, 4) is 5.75 Å². The number of allylic oxidation sites excluding steroid dienone is 1. The van der Waals surface area contributed by atoms with Gasteiger partial charge in [-0.05, 0) is 23.8 Å². The zero-order valence-electron chi connectivity index (χ0n) is 9.97. The molecule has 0 saturated carbocycles. The van der Waals surface area contributed by atoms with Gasteiger partial charge in [0.05, 0.1) is 0 Å². The Balaban J connectivity index is 2.15. The molecular weight excluding hydrogens is 208 g/mol. The van der Waals surface area contributed by atoms with Crippen LogP contribution in [0.2, 0.25) is 0 Å². The number of hydrogen-bond donors (Lipinski definition) is 0. The minimum atomic E-state index is 0.879. The molecule has 86 valence electrons. The smallest absolute Gasteiger partial charge is 0.126 e. The normalized spacial score (nSPS) is 11.2. The Morgan fingerprint density at radius 1 is 0.941 bits per heavy atom. The van der Waals surface area contributed by atoms with Crippen molar-refractivity contribution in [3.05, 3.63) is 72.0 Å². The van der Waals surface area contributed by atoms with Crippen LogP contribution in [0, 0.1) is 0 Å². The third-order valence-electron chi connectivity index (χ3n) is 2.47. The topological polar surface area (TPSA) is 9.23 Å². The highest BCUT2D eigenvalue weighted by molar-refractivity contribution is 5.51. The van der Waals surface area contributed by atoms with E-state index in [9.17, 15) is 0 Å². The molecule has 17 heavy (non-hydrogen) atoms. The summed E-state index contributed by atoms with van der Waals surface area (Å²) in [5.41, 5.74) is 1.17. The minimum absolute atomic E-state index is 0.879. The van der Waals surface area contributed by atoms with Crippen molar-refractivity contribution in [3.63, 3.8) is 0 Å². The Kier molecular flexibility index (Phi) is 3.98. The van der Waals surface area contributed by atoms with Crippen LogP contribution in [0.3, 0.4) is 0 Å². The van der Waals surface area contributed by atoms with Gasteiger partial charge in [-0.1, -0.05) is 55.5 Å². The van der Waals surface area contributed by atoms with Gasteiger partial charge in [-0.15, -0.1) is 0 Å². The first kappa shape index (κ1) is 11.5. The summed E-state index contributed by atoms with van der Waals surface area (Å²) in [6.45, 7) is 2.09. The Hall–Kier alpha value is -2.02. The van der Waals surface area contributed by atoms with Crippen molar-refractivity contribution in [1.82, 2.24) is 0 Å². The number of hydrogen-bond acceptors (Lipinski definition) is 1. The van der Waals surface area contributed by atoms with E-state index in [1.54, 1.807) is 0 Å². The van der Waals surface area contributed by atoms with Crippen LogP contribution in [0.4, 0.5) is 0 Å². The molecule has 2 rings (SSSR count). The molecule has 0 amide bonds. The molecule has 0 unspecified atom stereocenters. The van der Waals surface area contributed by atoms with Gasteiger partial charge >= 0.3 is 0 Å². The molecule has 0 radical (unpaired) electrons. The van der Waals surface area contributed by atoms with Crippen LogP contribution in [-0.4, -0.2) is 0 Å². The number of para-hydroxylation sites is 1. The Morgan fingerprint density at radius 3 is 2.12 bits per heavy atom. The average Bonchev–Trinajstić information content (AvgIpc) is 2.40. The van der Waals surface area contributed by atoms with E-state index in [1.807, 2.05) is 48.5 Å². The minimum Gasteiger partial charge on any atom is -0.462 e. The molecule has 0 aromatic heterocycles. The van der Waals surface area contributed by atoms with Crippen LogP contribution >= 0.6 is 0 Å². The predicted molar refractivity (Wildman–Crippen MR) is 71.8 cm³/mol. The van der Waals surface area contributed by atoms with Crippen molar-refractivity contribution >= 4 is 6.08 Å². The van der Waals surface area contributed by atoms with Crippen LogP contribution < -0.4 is 4.74 Å². The molecule has 0 spiro atoms. The molecule has 1 heteroatoms. The van der Waals surface area contributed by atoms with E-state index >= 15 is 0 Å². The molecule has 0 fully saturated rings. The molecule has 0 aliphatic rings. The van der Waals surface area contributed by atoms with E-state index < -0.39 is 0 Å². The molecule has 2 aromatic rings. The lowest BCUT2D eigenvalue weighted by atomic mass is 10.2. The molecule has 0 aliphatic heterocycles. The van der Waals surface area contributed by atoms with Gasteiger partial charge in [0.15, 0.2) is 0 Å². The average molecular weight is 224 g/mol. The summed E-state index contributed by atoms with van der Waals surface area (Å²) in [5, 5.41) is 0. The fourth-order valence-corrected chi connectivity index (χ4v) is 1.58. The van der Waals surface area contributed by atoms with Gasteiger partial charge in [-0.3, -0.25) is 0 Å². The standard InChI is InChI=1S/C16H16O/c1-2-15(13-14-9-5-3-6-10-14)17-16-11-7-4-8-12-16/h3-13H,2H2,1H3/b15-13+. The first-order chi connectivity index (χ1) is 8.38. The molecule has 0 heterocycles. The maximum atomic E-state index is 5.83. The van der Waals surface area contributed by atoms with Gasteiger partial charge in [0.2, 0.25) is 0 Å². The molecule has 0 saturated heterocycles. The van der Waals surface area contributed by atoms with Gasteiger partial charge in [0, 0.05) is 6.42 Å². The van der Waals surface area contributed by atoms with Gasteiger partial charge in [-0.25, -0.2) is 0 Å². The van der Waals surface area contributed by atoms with E-state index in [0.717, 1.165) is 17.9 Å². The monoisotopic (exact) mass is 224 g/mol. The van der Waals surface area contributed by atoms with Crippen molar-refractivity contribution in [2.45, 2.75) is 13.3 Å². The predicted octanol–water partition coefficient (Wildman–Crippen LogP) is 4.52. The van der Waals surface area contributed by atoms with Gasteiger partial charge in [0.1, 0.15) is 11.5 Å². The molecule has 0 bridgehead atoms. The summed E-state index contributed by atoms with van der Waals surface area (Å²) in [5.74, 6) is 1.86. The van der Waals surface area contributed by atoms with Crippen LogP contribution in [0.25, 0.3) is 6.08 Å². The third kappa shape index (κ3) is 3.49. The van der Waals surface area contributed by atoms with Gasteiger partial charge < -0.3 is 4.74 Å². The molecule has 2 aromatic carbocycles. The van der Waals surface area contributed by atoms with E-state index in [-0.39, 0.29) is 0 Å². The van der Waals surface area contributed by atoms with Crippen molar-refractivity contribution in [2.75, 3.05) is 0 Å². The van der Waals surface area contributed by atoms with Crippen molar-refractivity contribution in [1.29, 1.82) is 0 Å².